The van der Waals surface area contributed by atoms with E-state index < -0.39 is 0 Å². The van der Waals surface area contributed by atoms with Crippen molar-refractivity contribution in [1.29, 1.82) is 0 Å². The number of nitrogens with zero attached hydrogens (tertiary/aromatic N) is 2. The molecule has 0 aliphatic heterocycles. The lowest BCUT2D eigenvalue weighted by Gasteiger charge is -2.09. The van der Waals surface area contributed by atoms with Crippen molar-refractivity contribution in [2.75, 3.05) is 5.88 Å². The molecule has 0 fully saturated rings. The van der Waals surface area contributed by atoms with Gasteiger partial charge in [-0.15, -0.1) is 11.8 Å². The van der Waals surface area contributed by atoms with E-state index in [1.807, 2.05) is 37.3 Å². The molecule has 0 spiro atoms. The summed E-state index contributed by atoms with van der Waals surface area (Å²) in [7, 11) is 0. The topological polar surface area (TPSA) is 80.4 Å². The molecule has 1 aromatic carbocycles. The Labute approximate surface area is 134 Å². The fraction of sp³-hybridized carbons (Fsp3) is 0.188. The fourth-order valence-corrected chi connectivity index (χ4v) is 2.64. The number of carbonyl (C=O) groups is 1. The number of nitrogens with one attached hydrogen (secondary N) is 1. The number of rotatable bonds is 6. The van der Waals surface area contributed by atoms with Crippen LogP contribution in [0.3, 0.4) is 0 Å². The van der Waals surface area contributed by atoms with Gasteiger partial charge in [-0.3, -0.25) is 9.79 Å². The first-order chi connectivity index (χ1) is 10.6. The molecule has 0 saturated carbocycles. The van der Waals surface area contributed by atoms with Crippen molar-refractivity contribution >= 4 is 30.1 Å². The highest BCUT2D eigenvalue weighted by atomic mass is 32.2. The minimum absolute atomic E-state index is 0.192. The summed E-state index contributed by atoms with van der Waals surface area (Å²) in [5.41, 5.74) is 8.58. The molecule has 1 amide bonds. The van der Waals surface area contributed by atoms with Crippen LogP contribution in [0.5, 0.6) is 0 Å². The van der Waals surface area contributed by atoms with Crippen LogP contribution < -0.4 is 11.1 Å². The van der Waals surface area contributed by atoms with Gasteiger partial charge >= 0.3 is 0 Å². The monoisotopic (exact) mass is 314 g/mol. The third kappa shape index (κ3) is 4.16. The van der Waals surface area contributed by atoms with Crippen LogP contribution in [0.2, 0.25) is 0 Å². The van der Waals surface area contributed by atoms with Crippen molar-refractivity contribution in [3.8, 4) is 0 Å². The van der Waals surface area contributed by atoms with Crippen LogP contribution in [0.25, 0.3) is 0 Å². The van der Waals surface area contributed by atoms with Crippen LogP contribution in [0.1, 0.15) is 21.7 Å². The summed E-state index contributed by atoms with van der Waals surface area (Å²) in [5, 5.41) is 2.86. The number of pyridine rings is 1. The van der Waals surface area contributed by atoms with E-state index in [4.69, 9.17) is 5.73 Å². The van der Waals surface area contributed by atoms with E-state index in [2.05, 4.69) is 22.0 Å². The predicted molar refractivity (Wildman–Crippen MR) is 90.7 cm³/mol. The standard InChI is InChI=1S/C16H18N4OS/c1-11-4-3-5-14(20-11)16(21)19-9-12-6-7-13(18-2)15(8-12)22-10-17/h3-8H,2,9-10,17H2,1H3,(H,19,21). The average molecular weight is 314 g/mol. The van der Waals surface area contributed by atoms with E-state index >= 15 is 0 Å². The van der Waals surface area contributed by atoms with Crippen LogP contribution in [-0.2, 0) is 6.54 Å². The molecule has 2 rings (SSSR count). The second-order valence-electron chi connectivity index (χ2n) is 4.62. The number of aryl methyl sites for hydroxylation is 1. The molecule has 5 nitrogen and oxygen atoms in total. The summed E-state index contributed by atoms with van der Waals surface area (Å²) in [6.45, 7) is 5.82. The molecule has 22 heavy (non-hydrogen) atoms. The van der Waals surface area contributed by atoms with Crippen LogP contribution in [0, 0.1) is 6.92 Å². The quantitative estimate of drug-likeness (QED) is 0.488. The number of hydrogen-bond acceptors (Lipinski definition) is 5. The second kappa shape index (κ2) is 7.72. The molecule has 1 heterocycles. The van der Waals surface area contributed by atoms with Gasteiger partial charge in [0.15, 0.2) is 0 Å². The van der Waals surface area contributed by atoms with Crippen molar-refractivity contribution in [1.82, 2.24) is 10.3 Å². The Morgan fingerprint density at radius 2 is 2.23 bits per heavy atom. The Hall–Kier alpha value is -2.18. The van der Waals surface area contributed by atoms with Gasteiger partial charge < -0.3 is 11.1 Å². The average Bonchev–Trinajstić information content (AvgIpc) is 2.53. The van der Waals surface area contributed by atoms with Crippen molar-refractivity contribution < 1.29 is 4.79 Å². The number of aromatic nitrogens is 1. The van der Waals surface area contributed by atoms with Gasteiger partial charge in [0.05, 0.1) is 5.69 Å². The Morgan fingerprint density at radius 1 is 1.41 bits per heavy atom. The molecule has 2 aromatic rings. The molecule has 0 unspecified atom stereocenters. The molecule has 1 aromatic heterocycles. The molecule has 0 aliphatic rings. The van der Waals surface area contributed by atoms with Crippen molar-refractivity contribution in [2.24, 2.45) is 10.7 Å². The summed E-state index contributed by atoms with van der Waals surface area (Å²) in [6.07, 6.45) is 0. The van der Waals surface area contributed by atoms with Gasteiger partial charge in [-0.1, -0.05) is 12.1 Å². The van der Waals surface area contributed by atoms with Crippen molar-refractivity contribution in [3.63, 3.8) is 0 Å². The number of thioether (sulfide) groups is 1. The summed E-state index contributed by atoms with van der Waals surface area (Å²) in [4.78, 5) is 21.2. The van der Waals surface area contributed by atoms with Gasteiger partial charge in [-0.2, -0.15) is 0 Å². The van der Waals surface area contributed by atoms with Gasteiger partial charge in [0.1, 0.15) is 5.69 Å². The first-order valence-electron chi connectivity index (χ1n) is 6.78. The highest BCUT2D eigenvalue weighted by Gasteiger charge is 2.08. The molecule has 0 saturated heterocycles. The molecule has 0 radical (unpaired) electrons. The highest BCUT2D eigenvalue weighted by molar-refractivity contribution is 7.99. The maximum atomic E-state index is 12.1. The molecule has 0 bridgehead atoms. The van der Waals surface area contributed by atoms with Crippen LogP contribution in [0.4, 0.5) is 5.69 Å². The second-order valence-corrected chi connectivity index (χ2v) is 5.68. The zero-order valence-corrected chi connectivity index (χ0v) is 13.2. The Morgan fingerprint density at radius 3 is 2.91 bits per heavy atom. The summed E-state index contributed by atoms with van der Waals surface area (Å²) < 4.78 is 0. The van der Waals surface area contributed by atoms with E-state index in [9.17, 15) is 4.79 Å². The van der Waals surface area contributed by atoms with Crippen LogP contribution >= 0.6 is 11.8 Å². The number of hydrogen-bond donors (Lipinski definition) is 2. The third-order valence-corrected chi connectivity index (χ3v) is 3.81. The van der Waals surface area contributed by atoms with Crippen molar-refractivity contribution in [3.05, 3.63) is 53.3 Å². The largest absolute Gasteiger partial charge is 0.347 e. The SMILES string of the molecule is C=Nc1ccc(CNC(=O)c2cccc(C)n2)cc1SCN. The molecule has 0 atom stereocenters. The summed E-state index contributed by atoms with van der Waals surface area (Å²) in [5.74, 6) is 0.272. The number of carbonyl (C=O) groups excluding carboxylic acids is 1. The maximum Gasteiger partial charge on any atom is 0.270 e. The first-order valence-corrected chi connectivity index (χ1v) is 7.77. The molecule has 0 aliphatic carbocycles. The zero-order chi connectivity index (χ0) is 15.9. The third-order valence-electron chi connectivity index (χ3n) is 3.01. The number of aliphatic imine (C=N–C) groups is 1. The Bertz CT molecular complexity index is 688. The predicted octanol–water partition coefficient (Wildman–Crippen LogP) is 2.66. The summed E-state index contributed by atoms with van der Waals surface area (Å²) in [6, 6.07) is 11.1. The van der Waals surface area contributed by atoms with E-state index in [-0.39, 0.29) is 5.91 Å². The molecular weight excluding hydrogens is 296 g/mol. The minimum Gasteiger partial charge on any atom is -0.347 e. The number of nitrogens with two attached hydrogens (primary N) is 1. The van der Waals surface area contributed by atoms with E-state index in [1.54, 1.807) is 6.07 Å². The van der Waals surface area contributed by atoms with Crippen molar-refractivity contribution in [2.45, 2.75) is 18.4 Å². The molecule has 3 N–H and O–H groups in total. The molecule has 6 heteroatoms. The lowest BCUT2D eigenvalue weighted by atomic mass is 10.2. The molecule has 114 valence electrons. The lowest BCUT2D eigenvalue weighted by Crippen LogP contribution is -2.23. The van der Waals surface area contributed by atoms with Gasteiger partial charge in [0.2, 0.25) is 0 Å². The Kier molecular flexibility index (Phi) is 5.68. The molecular formula is C16H18N4OS. The van der Waals surface area contributed by atoms with Gasteiger partial charge in [0, 0.05) is 23.0 Å². The normalized spacial score (nSPS) is 10.3. The number of benzene rings is 1. The highest BCUT2D eigenvalue weighted by Crippen LogP contribution is 2.29. The summed E-state index contributed by atoms with van der Waals surface area (Å²) >= 11 is 1.49. The fourth-order valence-electron chi connectivity index (χ4n) is 1.95. The Balaban J connectivity index is 2.06. The smallest absolute Gasteiger partial charge is 0.270 e. The van der Waals surface area contributed by atoms with Crippen LogP contribution in [0.15, 0.2) is 46.3 Å². The van der Waals surface area contributed by atoms with Gasteiger partial charge in [-0.05, 0) is 43.5 Å². The zero-order valence-electron chi connectivity index (χ0n) is 12.4. The van der Waals surface area contributed by atoms with Crippen LogP contribution in [-0.4, -0.2) is 23.5 Å². The lowest BCUT2D eigenvalue weighted by molar-refractivity contribution is 0.0945. The van der Waals surface area contributed by atoms with E-state index in [0.717, 1.165) is 21.8 Å². The van der Waals surface area contributed by atoms with Gasteiger partial charge in [-0.25, -0.2) is 4.98 Å². The number of amides is 1. The minimum atomic E-state index is -0.192. The van der Waals surface area contributed by atoms with E-state index in [0.29, 0.717) is 18.1 Å². The van der Waals surface area contributed by atoms with E-state index in [1.165, 1.54) is 11.8 Å². The first kappa shape index (κ1) is 16.2. The maximum absolute atomic E-state index is 12.1. The van der Waals surface area contributed by atoms with Gasteiger partial charge in [0.25, 0.3) is 5.91 Å².